The topological polar surface area (TPSA) is 68.6 Å². The first-order chi connectivity index (χ1) is 12.9. The molecule has 0 N–H and O–H groups in total. The molecule has 3 rings (SSSR count). The van der Waals surface area contributed by atoms with Crippen LogP contribution in [0.1, 0.15) is 16.7 Å². The Morgan fingerprint density at radius 3 is 2.26 bits per heavy atom. The van der Waals surface area contributed by atoms with Gasteiger partial charge in [0.2, 0.25) is 0 Å². The third-order valence-corrected chi connectivity index (χ3v) is 4.97. The minimum Gasteiger partial charge on any atom is -0.265 e. The zero-order chi connectivity index (χ0) is 19.3. The van der Waals surface area contributed by atoms with Gasteiger partial charge < -0.3 is 0 Å². The van der Waals surface area contributed by atoms with Crippen molar-refractivity contribution in [2.24, 2.45) is 5.16 Å². The Balaban J connectivity index is 1.90. The number of hydrogen-bond donors (Lipinski definition) is 0. The van der Waals surface area contributed by atoms with E-state index in [0.29, 0.717) is 11.3 Å². The van der Waals surface area contributed by atoms with E-state index in [9.17, 15) is 12.8 Å². The number of nitrogens with zero attached hydrogens (tertiary/aromatic N) is 2. The fourth-order valence-corrected chi connectivity index (χ4v) is 3.11. The molecular formula is C20H17FN2O3S. The van der Waals surface area contributed by atoms with E-state index in [1.54, 1.807) is 48.8 Å². The Labute approximate surface area is 157 Å². The van der Waals surface area contributed by atoms with E-state index in [2.05, 4.69) is 10.1 Å². The maximum absolute atomic E-state index is 13.1. The molecule has 0 aliphatic rings. The molecule has 0 aliphatic carbocycles. The van der Waals surface area contributed by atoms with Gasteiger partial charge in [0, 0.05) is 24.4 Å². The van der Waals surface area contributed by atoms with E-state index in [1.807, 2.05) is 6.92 Å². The van der Waals surface area contributed by atoms with E-state index in [0.717, 1.165) is 11.1 Å². The van der Waals surface area contributed by atoms with Gasteiger partial charge >= 0.3 is 10.1 Å². The van der Waals surface area contributed by atoms with Crippen molar-refractivity contribution in [2.75, 3.05) is 0 Å². The Hall–Kier alpha value is -3.06. The van der Waals surface area contributed by atoms with Crippen LogP contribution in [0.4, 0.5) is 4.39 Å². The number of oxime groups is 1. The molecule has 138 valence electrons. The van der Waals surface area contributed by atoms with Crippen molar-refractivity contribution in [3.63, 3.8) is 0 Å². The van der Waals surface area contributed by atoms with Crippen LogP contribution in [0.15, 0.2) is 83.1 Å². The molecule has 0 unspecified atom stereocenters. The van der Waals surface area contributed by atoms with Crippen LogP contribution in [-0.2, 0) is 20.8 Å². The SMILES string of the molecule is Cc1ccc(S(=O)(=O)O/N=C(/Cc2ccc(F)cc2)c2ccncc2)cc1. The fraction of sp³-hybridized carbons (Fsp3) is 0.100. The minimum absolute atomic E-state index is 0.0210. The van der Waals surface area contributed by atoms with E-state index in [1.165, 1.54) is 24.3 Å². The summed E-state index contributed by atoms with van der Waals surface area (Å²) in [6.45, 7) is 1.86. The first-order valence-electron chi connectivity index (χ1n) is 8.16. The summed E-state index contributed by atoms with van der Waals surface area (Å²) in [5, 5.41) is 3.89. The van der Waals surface area contributed by atoms with Crippen LogP contribution in [0.3, 0.4) is 0 Å². The molecule has 27 heavy (non-hydrogen) atoms. The van der Waals surface area contributed by atoms with Crippen molar-refractivity contribution in [1.29, 1.82) is 0 Å². The summed E-state index contributed by atoms with van der Waals surface area (Å²) in [6.07, 6.45) is 3.42. The lowest BCUT2D eigenvalue weighted by Gasteiger charge is -2.08. The maximum atomic E-state index is 13.1. The number of benzene rings is 2. The number of hydrogen-bond acceptors (Lipinski definition) is 5. The van der Waals surface area contributed by atoms with Crippen LogP contribution in [0.2, 0.25) is 0 Å². The molecule has 2 aromatic carbocycles. The minimum atomic E-state index is -4.04. The van der Waals surface area contributed by atoms with E-state index in [4.69, 9.17) is 4.28 Å². The second kappa shape index (κ2) is 8.09. The summed E-state index contributed by atoms with van der Waals surface area (Å²) < 4.78 is 42.8. The molecule has 0 saturated carbocycles. The highest BCUT2D eigenvalue weighted by Crippen LogP contribution is 2.15. The van der Waals surface area contributed by atoms with Crippen LogP contribution in [-0.4, -0.2) is 19.1 Å². The number of aromatic nitrogens is 1. The van der Waals surface area contributed by atoms with Crippen LogP contribution in [0.25, 0.3) is 0 Å². The van der Waals surface area contributed by atoms with Gasteiger partial charge in [-0.25, -0.2) is 4.39 Å². The van der Waals surface area contributed by atoms with Crippen LogP contribution >= 0.6 is 0 Å². The molecule has 7 heteroatoms. The van der Waals surface area contributed by atoms with Crippen molar-refractivity contribution in [3.8, 4) is 0 Å². The molecule has 1 aromatic heterocycles. The average molecular weight is 384 g/mol. The van der Waals surface area contributed by atoms with Crippen molar-refractivity contribution >= 4 is 15.8 Å². The molecule has 0 saturated heterocycles. The van der Waals surface area contributed by atoms with E-state index in [-0.39, 0.29) is 17.1 Å². The molecule has 0 radical (unpaired) electrons. The van der Waals surface area contributed by atoms with Gasteiger partial charge in [0.05, 0.1) is 5.71 Å². The smallest absolute Gasteiger partial charge is 0.265 e. The third kappa shape index (κ3) is 4.98. The molecule has 0 amide bonds. The van der Waals surface area contributed by atoms with Gasteiger partial charge in [-0.05, 0) is 48.9 Å². The van der Waals surface area contributed by atoms with Gasteiger partial charge in [-0.15, -0.1) is 0 Å². The summed E-state index contributed by atoms with van der Waals surface area (Å²) in [5.74, 6) is -0.348. The van der Waals surface area contributed by atoms with Gasteiger partial charge in [0.1, 0.15) is 10.7 Å². The molecule has 0 spiro atoms. The highest BCUT2D eigenvalue weighted by molar-refractivity contribution is 7.86. The van der Waals surface area contributed by atoms with E-state index >= 15 is 0 Å². The first-order valence-corrected chi connectivity index (χ1v) is 9.57. The van der Waals surface area contributed by atoms with E-state index < -0.39 is 10.1 Å². The summed E-state index contributed by atoms with van der Waals surface area (Å²) in [6, 6.07) is 15.6. The van der Waals surface area contributed by atoms with Gasteiger partial charge in [-0.1, -0.05) is 35.0 Å². The Kier molecular flexibility index (Phi) is 5.61. The highest BCUT2D eigenvalue weighted by Gasteiger charge is 2.16. The Morgan fingerprint density at radius 1 is 1.00 bits per heavy atom. The quantitative estimate of drug-likeness (QED) is 0.478. The van der Waals surface area contributed by atoms with Crippen LogP contribution < -0.4 is 0 Å². The normalized spacial score (nSPS) is 12.0. The lowest BCUT2D eigenvalue weighted by Crippen LogP contribution is -2.10. The summed E-state index contributed by atoms with van der Waals surface area (Å²) in [7, 11) is -4.04. The molecule has 1 heterocycles. The monoisotopic (exact) mass is 384 g/mol. The zero-order valence-corrected chi connectivity index (χ0v) is 15.4. The highest BCUT2D eigenvalue weighted by atomic mass is 32.2. The number of pyridine rings is 1. The van der Waals surface area contributed by atoms with Gasteiger partial charge in [-0.2, -0.15) is 8.42 Å². The Morgan fingerprint density at radius 2 is 1.63 bits per heavy atom. The predicted octanol–water partition coefficient (Wildman–Crippen LogP) is 3.88. The third-order valence-electron chi connectivity index (χ3n) is 3.85. The lowest BCUT2D eigenvalue weighted by molar-refractivity contribution is 0.338. The van der Waals surface area contributed by atoms with Gasteiger partial charge in [-0.3, -0.25) is 9.27 Å². The largest absolute Gasteiger partial charge is 0.358 e. The number of halogens is 1. The lowest BCUT2D eigenvalue weighted by atomic mass is 10.0. The zero-order valence-electron chi connectivity index (χ0n) is 14.5. The predicted molar refractivity (Wildman–Crippen MR) is 100 cm³/mol. The molecule has 0 bridgehead atoms. The first kappa shape index (κ1) is 18.7. The van der Waals surface area contributed by atoms with Gasteiger partial charge in [0.15, 0.2) is 0 Å². The number of rotatable bonds is 6. The van der Waals surface area contributed by atoms with Gasteiger partial charge in [0.25, 0.3) is 0 Å². The molecule has 0 fully saturated rings. The molecule has 0 aliphatic heterocycles. The standard InChI is InChI=1S/C20H17FN2O3S/c1-15-2-8-19(9-3-15)27(24,25)26-23-20(17-10-12-22-13-11-17)14-16-4-6-18(21)7-5-16/h2-13H,14H2,1H3/b23-20-. The van der Waals surface area contributed by atoms with Crippen molar-refractivity contribution in [3.05, 3.63) is 95.6 Å². The van der Waals surface area contributed by atoms with Crippen molar-refractivity contribution in [2.45, 2.75) is 18.2 Å². The molecule has 3 aromatic rings. The average Bonchev–Trinajstić information content (AvgIpc) is 2.68. The number of aryl methyl sites for hydroxylation is 1. The maximum Gasteiger partial charge on any atom is 0.358 e. The second-order valence-electron chi connectivity index (χ2n) is 5.92. The molecular weight excluding hydrogens is 367 g/mol. The fourth-order valence-electron chi connectivity index (χ4n) is 2.37. The molecule has 0 atom stereocenters. The summed E-state index contributed by atoms with van der Waals surface area (Å²) in [4.78, 5) is 3.97. The second-order valence-corrected chi connectivity index (χ2v) is 7.45. The van der Waals surface area contributed by atoms with Crippen LogP contribution in [0, 0.1) is 12.7 Å². The van der Waals surface area contributed by atoms with Crippen molar-refractivity contribution in [1.82, 2.24) is 4.98 Å². The summed E-state index contributed by atoms with van der Waals surface area (Å²) in [5.41, 5.74) is 2.75. The van der Waals surface area contributed by atoms with Crippen LogP contribution in [0.5, 0.6) is 0 Å². The summed E-state index contributed by atoms with van der Waals surface area (Å²) >= 11 is 0. The van der Waals surface area contributed by atoms with Crippen molar-refractivity contribution < 1.29 is 17.1 Å². The Bertz CT molecular complexity index is 1030. The molecule has 5 nitrogen and oxygen atoms in total.